The molecule has 0 bridgehead atoms. The van der Waals surface area contributed by atoms with E-state index in [1.54, 1.807) is 12.3 Å². The van der Waals surface area contributed by atoms with Gasteiger partial charge in [-0.05, 0) is 12.1 Å². The monoisotopic (exact) mass is 274 g/mol. The Labute approximate surface area is 115 Å². The largest absolute Gasteiger partial charge is 0.344 e. The van der Waals surface area contributed by atoms with Crippen molar-refractivity contribution in [2.75, 3.05) is 6.54 Å². The molecule has 0 atom stereocenters. The second-order valence-corrected chi connectivity index (χ2v) is 4.89. The summed E-state index contributed by atoms with van der Waals surface area (Å²) in [6, 6.07) is 3.59. The van der Waals surface area contributed by atoms with Crippen LogP contribution in [0.4, 0.5) is 0 Å². The minimum Gasteiger partial charge on any atom is -0.344 e. The Hall–Kier alpha value is -2.10. The molecule has 98 valence electrons. The zero-order valence-electron chi connectivity index (χ0n) is 10.5. The van der Waals surface area contributed by atoms with E-state index in [0.29, 0.717) is 18.0 Å². The molecule has 0 aliphatic heterocycles. The molecule has 2 rings (SSSR count). The summed E-state index contributed by atoms with van der Waals surface area (Å²) in [4.78, 5) is 17.5. The van der Waals surface area contributed by atoms with Crippen molar-refractivity contribution in [2.45, 2.75) is 6.54 Å². The van der Waals surface area contributed by atoms with Crippen molar-refractivity contribution in [1.29, 1.82) is 0 Å². The molecule has 1 amide bonds. The lowest BCUT2D eigenvalue weighted by molar-refractivity contribution is 0.0953. The van der Waals surface area contributed by atoms with Gasteiger partial charge in [0.25, 0.3) is 5.91 Å². The molecule has 0 saturated heterocycles. The third kappa shape index (κ3) is 3.44. The molecule has 5 nitrogen and oxygen atoms in total. The number of amides is 1. The molecule has 0 radical (unpaired) electrons. The van der Waals surface area contributed by atoms with Crippen molar-refractivity contribution in [2.24, 2.45) is 12.8 Å². The quantitative estimate of drug-likeness (QED) is 0.810. The first-order chi connectivity index (χ1) is 9.20. The van der Waals surface area contributed by atoms with Crippen LogP contribution in [0.1, 0.15) is 20.4 Å². The van der Waals surface area contributed by atoms with Crippen LogP contribution in [-0.4, -0.2) is 22.0 Å². The standard InChI is InChI=1S/C13H14N4OS/c1-17-8-7-15-12(17)9-16-13(18)11-5-4-10(19-11)3-2-6-14/h4-5,7-8H,6,9,14H2,1H3,(H,16,18). The van der Waals surface area contributed by atoms with Gasteiger partial charge in [0.1, 0.15) is 5.82 Å². The van der Waals surface area contributed by atoms with Crippen LogP contribution in [0.15, 0.2) is 24.5 Å². The molecule has 0 saturated carbocycles. The van der Waals surface area contributed by atoms with Gasteiger partial charge in [0.15, 0.2) is 0 Å². The highest BCUT2D eigenvalue weighted by Gasteiger charge is 2.09. The molecule has 0 aliphatic rings. The summed E-state index contributed by atoms with van der Waals surface area (Å²) in [7, 11) is 1.89. The number of aryl methyl sites for hydroxylation is 1. The second-order valence-electron chi connectivity index (χ2n) is 3.81. The highest BCUT2D eigenvalue weighted by Crippen LogP contribution is 2.15. The molecule has 2 heterocycles. The first kappa shape index (κ1) is 13.3. The van der Waals surface area contributed by atoms with E-state index >= 15 is 0 Å². The molecular formula is C13H14N4OS. The van der Waals surface area contributed by atoms with Gasteiger partial charge in [-0.3, -0.25) is 4.79 Å². The van der Waals surface area contributed by atoms with Crippen LogP contribution in [0.2, 0.25) is 0 Å². The molecule has 2 aromatic heterocycles. The molecular weight excluding hydrogens is 260 g/mol. The third-order valence-corrected chi connectivity index (χ3v) is 3.47. The van der Waals surface area contributed by atoms with Crippen molar-refractivity contribution in [3.05, 3.63) is 40.1 Å². The maximum absolute atomic E-state index is 11.9. The maximum Gasteiger partial charge on any atom is 0.261 e. The summed E-state index contributed by atoms with van der Waals surface area (Å²) in [6.45, 7) is 0.725. The van der Waals surface area contributed by atoms with E-state index < -0.39 is 0 Å². The van der Waals surface area contributed by atoms with E-state index in [4.69, 9.17) is 5.73 Å². The van der Waals surface area contributed by atoms with Gasteiger partial charge in [0.05, 0.1) is 22.8 Å². The summed E-state index contributed by atoms with van der Waals surface area (Å²) in [5.74, 6) is 6.36. The fraction of sp³-hybridized carbons (Fsp3) is 0.231. The number of imidazole rings is 1. The molecule has 0 aromatic carbocycles. The van der Waals surface area contributed by atoms with Crippen LogP contribution in [0.3, 0.4) is 0 Å². The number of aromatic nitrogens is 2. The molecule has 2 aromatic rings. The summed E-state index contributed by atoms with van der Waals surface area (Å²) >= 11 is 1.35. The van der Waals surface area contributed by atoms with Crippen LogP contribution < -0.4 is 11.1 Å². The lowest BCUT2D eigenvalue weighted by Crippen LogP contribution is -2.23. The fourth-order valence-corrected chi connectivity index (χ4v) is 2.28. The molecule has 0 fully saturated rings. The summed E-state index contributed by atoms with van der Waals surface area (Å²) in [5.41, 5.74) is 5.30. The Balaban J connectivity index is 1.96. The van der Waals surface area contributed by atoms with Crippen LogP contribution in [0.25, 0.3) is 0 Å². The summed E-state index contributed by atoms with van der Waals surface area (Å²) < 4.78 is 1.87. The van der Waals surface area contributed by atoms with Gasteiger partial charge >= 0.3 is 0 Å². The predicted molar refractivity (Wildman–Crippen MR) is 74.6 cm³/mol. The Morgan fingerprint density at radius 1 is 1.58 bits per heavy atom. The highest BCUT2D eigenvalue weighted by atomic mass is 32.1. The number of rotatable bonds is 3. The van der Waals surface area contributed by atoms with E-state index in [-0.39, 0.29) is 5.91 Å². The van der Waals surface area contributed by atoms with Crippen molar-refractivity contribution < 1.29 is 4.79 Å². The van der Waals surface area contributed by atoms with E-state index in [2.05, 4.69) is 22.1 Å². The van der Waals surface area contributed by atoms with E-state index in [1.807, 2.05) is 23.9 Å². The van der Waals surface area contributed by atoms with Crippen LogP contribution in [-0.2, 0) is 13.6 Å². The first-order valence-corrected chi connectivity index (χ1v) is 6.55. The number of hydrogen-bond acceptors (Lipinski definition) is 4. The molecule has 3 N–H and O–H groups in total. The number of nitrogens with zero attached hydrogens (tertiary/aromatic N) is 2. The molecule has 0 aliphatic carbocycles. The van der Waals surface area contributed by atoms with Crippen molar-refractivity contribution >= 4 is 17.2 Å². The van der Waals surface area contributed by atoms with Gasteiger partial charge in [-0.25, -0.2) is 4.98 Å². The number of carbonyl (C=O) groups excluding carboxylic acids is 1. The third-order valence-electron chi connectivity index (χ3n) is 2.47. The topological polar surface area (TPSA) is 72.9 Å². The lowest BCUT2D eigenvalue weighted by atomic mass is 10.4. The lowest BCUT2D eigenvalue weighted by Gasteiger charge is -2.03. The fourth-order valence-electron chi connectivity index (χ4n) is 1.48. The van der Waals surface area contributed by atoms with Crippen molar-refractivity contribution in [1.82, 2.24) is 14.9 Å². The van der Waals surface area contributed by atoms with Crippen LogP contribution in [0, 0.1) is 11.8 Å². The SMILES string of the molecule is Cn1ccnc1CNC(=O)c1ccc(C#CCN)s1. The van der Waals surface area contributed by atoms with Gasteiger partial charge in [0.2, 0.25) is 0 Å². The summed E-state index contributed by atoms with van der Waals surface area (Å²) in [6.07, 6.45) is 3.54. The second kappa shape index (κ2) is 6.18. The normalized spacial score (nSPS) is 9.79. The van der Waals surface area contributed by atoms with E-state index in [9.17, 15) is 4.79 Å². The number of nitrogens with one attached hydrogen (secondary N) is 1. The van der Waals surface area contributed by atoms with Gasteiger partial charge in [-0.15, -0.1) is 11.3 Å². The van der Waals surface area contributed by atoms with Crippen molar-refractivity contribution in [3.8, 4) is 11.8 Å². The number of nitrogens with two attached hydrogens (primary N) is 1. The number of hydrogen-bond donors (Lipinski definition) is 2. The van der Waals surface area contributed by atoms with Gasteiger partial charge in [-0.2, -0.15) is 0 Å². The molecule has 6 heteroatoms. The zero-order chi connectivity index (χ0) is 13.7. The van der Waals surface area contributed by atoms with Gasteiger partial charge in [0, 0.05) is 19.4 Å². The minimum absolute atomic E-state index is 0.117. The van der Waals surface area contributed by atoms with Gasteiger partial charge < -0.3 is 15.6 Å². The predicted octanol–water partition coefficient (Wildman–Crippen LogP) is 0.722. The first-order valence-electron chi connectivity index (χ1n) is 5.74. The average molecular weight is 274 g/mol. The average Bonchev–Trinajstić information content (AvgIpc) is 3.03. The van der Waals surface area contributed by atoms with Gasteiger partial charge in [-0.1, -0.05) is 11.8 Å². The van der Waals surface area contributed by atoms with Crippen molar-refractivity contribution in [3.63, 3.8) is 0 Å². The molecule has 0 unspecified atom stereocenters. The Morgan fingerprint density at radius 3 is 3.11 bits per heavy atom. The smallest absolute Gasteiger partial charge is 0.261 e. The summed E-state index contributed by atoms with van der Waals surface area (Å²) in [5, 5.41) is 2.83. The van der Waals surface area contributed by atoms with E-state index in [1.165, 1.54) is 11.3 Å². The highest BCUT2D eigenvalue weighted by molar-refractivity contribution is 7.14. The van der Waals surface area contributed by atoms with Crippen LogP contribution in [0.5, 0.6) is 0 Å². The number of thiophene rings is 1. The van der Waals surface area contributed by atoms with Crippen LogP contribution >= 0.6 is 11.3 Å². The molecule has 19 heavy (non-hydrogen) atoms. The zero-order valence-corrected chi connectivity index (χ0v) is 11.3. The Kier molecular flexibility index (Phi) is 4.34. The minimum atomic E-state index is -0.117. The molecule has 0 spiro atoms. The Morgan fingerprint density at radius 2 is 2.42 bits per heavy atom. The Bertz CT molecular complexity index is 632. The number of carbonyl (C=O) groups is 1. The van der Waals surface area contributed by atoms with E-state index in [0.717, 1.165) is 10.7 Å². The maximum atomic E-state index is 11.9.